The van der Waals surface area contributed by atoms with Gasteiger partial charge in [-0.3, -0.25) is 14.3 Å². The van der Waals surface area contributed by atoms with Gasteiger partial charge >= 0.3 is 0 Å². The Kier molecular flexibility index (Phi) is 4.85. The molecule has 0 amide bonds. The van der Waals surface area contributed by atoms with Gasteiger partial charge in [-0.2, -0.15) is 0 Å². The molecule has 2 aromatic heterocycles. The molecular formula is C20H21FN4O2. The predicted octanol–water partition coefficient (Wildman–Crippen LogP) is 2.13. The van der Waals surface area contributed by atoms with Gasteiger partial charge in [0.05, 0.1) is 18.4 Å². The Morgan fingerprint density at radius 2 is 2.00 bits per heavy atom. The molecule has 0 N–H and O–H groups in total. The fourth-order valence-corrected chi connectivity index (χ4v) is 3.50. The maximum Gasteiger partial charge on any atom is 0.255 e. The molecule has 0 spiro atoms. The molecule has 0 saturated carbocycles. The molecule has 0 aromatic carbocycles. The molecule has 2 aromatic rings. The van der Waals surface area contributed by atoms with E-state index in [9.17, 15) is 9.18 Å². The number of halogens is 1. The van der Waals surface area contributed by atoms with Crippen molar-refractivity contribution in [1.29, 1.82) is 0 Å². The molecule has 0 bridgehead atoms. The summed E-state index contributed by atoms with van der Waals surface area (Å²) in [4.78, 5) is 23.2. The van der Waals surface area contributed by atoms with Gasteiger partial charge < -0.3 is 9.64 Å². The molecule has 1 aliphatic heterocycles. The van der Waals surface area contributed by atoms with Gasteiger partial charge in [0.1, 0.15) is 6.17 Å². The molecule has 140 valence electrons. The summed E-state index contributed by atoms with van der Waals surface area (Å²) in [6.07, 6.45) is 8.93. The fourth-order valence-electron chi connectivity index (χ4n) is 3.50. The van der Waals surface area contributed by atoms with Crippen LogP contribution < -0.4 is 10.5 Å². The van der Waals surface area contributed by atoms with Crippen LogP contribution in [0.4, 0.5) is 10.3 Å². The van der Waals surface area contributed by atoms with Crippen molar-refractivity contribution in [2.75, 3.05) is 24.6 Å². The molecule has 7 heteroatoms. The number of pyridine rings is 1. The lowest BCUT2D eigenvalue weighted by atomic mass is 9.92. The minimum absolute atomic E-state index is 0.140. The minimum atomic E-state index is -1.07. The van der Waals surface area contributed by atoms with E-state index >= 15 is 0 Å². The van der Waals surface area contributed by atoms with Crippen molar-refractivity contribution >= 4 is 5.95 Å². The van der Waals surface area contributed by atoms with Gasteiger partial charge in [0, 0.05) is 50.1 Å². The van der Waals surface area contributed by atoms with E-state index in [4.69, 9.17) is 9.72 Å². The van der Waals surface area contributed by atoms with E-state index < -0.39 is 6.17 Å². The van der Waals surface area contributed by atoms with Crippen LogP contribution in [0.5, 0.6) is 0 Å². The molecule has 4 rings (SSSR count). The van der Waals surface area contributed by atoms with Crippen LogP contribution in [-0.4, -0.2) is 46.5 Å². The number of rotatable bonds is 3. The molecule has 3 heterocycles. The van der Waals surface area contributed by atoms with Crippen molar-refractivity contribution < 1.29 is 9.13 Å². The standard InChI is InChI=1S/C20H21FN4O2/c1-24-19(26)12-17(14-6-8-22-9-7-14)23-20(24)25-10-11-27-18(13-25)15-4-2-3-5-16(15)21/h2-9,12,15-16,18H,10-11,13H2,1H3/t15?,16?,18-/m0/s1. The molecule has 1 aliphatic carbocycles. The summed E-state index contributed by atoms with van der Waals surface area (Å²) in [5.74, 6) is 0.228. The first-order valence-corrected chi connectivity index (χ1v) is 8.97. The van der Waals surface area contributed by atoms with Crippen molar-refractivity contribution in [3.8, 4) is 11.3 Å². The summed E-state index contributed by atoms with van der Waals surface area (Å²) in [5.41, 5.74) is 1.29. The maximum absolute atomic E-state index is 14.3. The number of morpholine rings is 1. The van der Waals surface area contributed by atoms with Crippen molar-refractivity contribution in [2.24, 2.45) is 13.0 Å². The van der Waals surface area contributed by atoms with Crippen LogP contribution in [0.1, 0.15) is 0 Å². The van der Waals surface area contributed by atoms with Crippen LogP contribution in [0.15, 0.2) is 59.7 Å². The second-order valence-corrected chi connectivity index (χ2v) is 6.72. The first kappa shape index (κ1) is 17.6. The number of aromatic nitrogens is 3. The van der Waals surface area contributed by atoms with Crippen molar-refractivity contribution in [3.05, 3.63) is 65.3 Å². The molecule has 6 nitrogen and oxygen atoms in total. The van der Waals surface area contributed by atoms with E-state index in [2.05, 4.69) is 4.98 Å². The van der Waals surface area contributed by atoms with E-state index in [0.717, 1.165) is 5.56 Å². The molecule has 1 fully saturated rings. The lowest BCUT2D eigenvalue weighted by Crippen LogP contribution is -2.49. The van der Waals surface area contributed by atoms with Gasteiger partial charge in [-0.25, -0.2) is 9.37 Å². The third kappa shape index (κ3) is 3.55. The van der Waals surface area contributed by atoms with Gasteiger partial charge in [0.15, 0.2) is 0 Å². The monoisotopic (exact) mass is 368 g/mol. The second-order valence-electron chi connectivity index (χ2n) is 6.72. The molecule has 0 radical (unpaired) electrons. The summed E-state index contributed by atoms with van der Waals surface area (Å²) < 4.78 is 21.6. The van der Waals surface area contributed by atoms with Gasteiger partial charge in [0.2, 0.25) is 5.95 Å². The third-order valence-corrected chi connectivity index (χ3v) is 5.00. The first-order valence-electron chi connectivity index (χ1n) is 8.97. The number of alkyl halides is 1. The van der Waals surface area contributed by atoms with E-state index in [-0.39, 0.29) is 17.6 Å². The van der Waals surface area contributed by atoms with E-state index in [1.54, 1.807) is 31.6 Å². The van der Waals surface area contributed by atoms with Gasteiger partial charge in [0.25, 0.3) is 5.56 Å². The Balaban J connectivity index is 1.64. The quantitative estimate of drug-likeness (QED) is 0.831. The van der Waals surface area contributed by atoms with Crippen LogP contribution in [-0.2, 0) is 11.8 Å². The van der Waals surface area contributed by atoms with Crippen LogP contribution in [0.2, 0.25) is 0 Å². The van der Waals surface area contributed by atoms with Crippen LogP contribution in [0.25, 0.3) is 11.3 Å². The van der Waals surface area contributed by atoms with Crippen LogP contribution >= 0.6 is 0 Å². The lowest BCUT2D eigenvalue weighted by molar-refractivity contribution is -0.00175. The maximum atomic E-state index is 14.3. The van der Waals surface area contributed by atoms with E-state index in [0.29, 0.717) is 31.3 Å². The van der Waals surface area contributed by atoms with E-state index in [1.165, 1.54) is 10.6 Å². The zero-order chi connectivity index (χ0) is 18.8. The molecular weight excluding hydrogens is 347 g/mol. The number of ether oxygens (including phenoxy) is 1. The van der Waals surface area contributed by atoms with Crippen molar-refractivity contribution in [3.63, 3.8) is 0 Å². The highest BCUT2D eigenvalue weighted by Gasteiger charge is 2.33. The normalized spacial score (nSPS) is 25.0. The highest BCUT2D eigenvalue weighted by Crippen LogP contribution is 2.26. The third-order valence-electron chi connectivity index (χ3n) is 5.00. The number of anilines is 1. The van der Waals surface area contributed by atoms with Crippen LogP contribution in [0.3, 0.4) is 0 Å². The average molecular weight is 368 g/mol. The number of hydrogen-bond donors (Lipinski definition) is 0. The smallest absolute Gasteiger partial charge is 0.255 e. The van der Waals surface area contributed by atoms with Crippen molar-refractivity contribution in [1.82, 2.24) is 14.5 Å². The Morgan fingerprint density at radius 1 is 1.22 bits per heavy atom. The molecule has 2 unspecified atom stereocenters. The summed E-state index contributed by atoms with van der Waals surface area (Å²) in [7, 11) is 1.70. The summed E-state index contributed by atoms with van der Waals surface area (Å²) >= 11 is 0. The highest BCUT2D eigenvalue weighted by molar-refractivity contribution is 5.59. The number of hydrogen-bond acceptors (Lipinski definition) is 5. The Morgan fingerprint density at radius 3 is 2.78 bits per heavy atom. The second kappa shape index (κ2) is 7.44. The zero-order valence-corrected chi connectivity index (χ0v) is 15.0. The van der Waals surface area contributed by atoms with Gasteiger partial charge in [-0.15, -0.1) is 0 Å². The van der Waals surface area contributed by atoms with Crippen molar-refractivity contribution in [2.45, 2.75) is 12.3 Å². The topological polar surface area (TPSA) is 60.2 Å². The summed E-state index contributed by atoms with van der Waals surface area (Å²) in [6.45, 7) is 1.53. The summed E-state index contributed by atoms with van der Waals surface area (Å²) in [5, 5.41) is 0. The lowest BCUT2D eigenvalue weighted by Gasteiger charge is -2.38. The van der Waals surface area contributed by atoms with E-state index in [1.807, 2.05) is 29.2 Å². The number of allylic oxidation sites excluding steroid dienone is 3. The highest BCUT2D eigenvalue weighted by atomic mass is 19.1. The molecule has 3 atom stereocenters. The SMILES string of the molecule is Cn1c(N2CCO[C@H](C3C=CC=CC3F)C2)nc(-c2ccncc2)cc1=O. The molecule has 1 saturated heterocycles. The number of nitrogens with zero attached hydrogens (tertiary/aromatic N) is 4. The fraction of sp³-hybridized carbons (Fsp3) is 0.350. The Bertz CT molecular complexity index is 925. The molecule has 2 aliphatic rings. The zero-order valence-electron chi connectivity index (χ0n) is 15.0. The Labute approximate surface area is 156 Å². The molecule has 27 heavy (non-hydrogen) atoms. The average Bonchev–Trinajstić information content (AvgIpc) is 2.71. The summed E-state index contributed by atoms with van der Waals surface area (Å²) in [6, 6.07) is 5.16. The minimum Gasteiger partial charge on any atom is -0.374 e. The largest absolute Gasteiger partial charge is 0.374 e. The van der Waals surface area contributed by atoms with Crippen LogP contribution in [0, 0.1) is 5.92 Å². The first-order chi connectivity index (χ1) is 13.1. The Hall–Kier alpha value is -2.80. The van der Waals surface area contributed by atoms with Gasteiger partial charge in [-0.1, -0.05) is 24.3 Å². The van der Waals surface area contributed by atoms with Gasteiger partial charge in [-0.05, 0) is 12.1 Å². The predicted molar refractivity (Wildman–Crippen MR) is 101 cm³/mol.